The minimum Gasteiger partial charge on any atom is -0.300 e. The Bertz CT molecular complexity index is 380. The number of rotatable bonds is 2. The first-order chi connectivity index (χ1) is 6.43. The average molecular weight is 196 g/mol. The molecule has 1 N–H and O–H groups in total. The highest BCUT2D eigenvalue weighted by molar-refractivity contribution is 5.61. The van der Waals surface area contributed by atoms with Crippen LogP contribution in [0.15, 0.2) is 12.1 Å². The van der Waals surface area contributed by atoms with Crippen molar-refractivity contribution in [1.82, 2.24) is 5.73 Å². The largest absolute Gasteiger partial charge is 0.300 e. The maximum Gasteiger partial charge on any atom is 0.281 e. The van der Waals surface area contributed by atoms with Gasteiger partial charge < -0.3 is 5.73 Å². The summed E-state index contributed by atoms with van der Waals surface area (Å²) in [5, 5.41) is 20.9. The fourth-order valence-corrected chi connectivity index (χ4v) is 1.06. The summed E-state index contributed by atoms with van der Waals surface area (Å²) >= 11 is 0. The van der Waals surface area contributed by atoms with Gasteiger partial charge in [-0.1, -0.05) is 0 Å². The Hall–Kier alpha value is -2.18. The second-order valence-corrected chi connectivity index (χ2v) is 2.65. The summed E-state index contributed by atoms with van der Waals surface area (Å²) < 4.78 is 0. The Morgan fingerprint density at radius 3 is 1.79 bits per heavy atom. The topological polar surface area (TPSA) is 110 Å². The number of nitro benzene ring substituents is 2. The molecule has 0 amide bonds. The van der Waals surface area contributed by atoms with E-state index in [4.69, 9.17) is 5.73 Å². The SMILES string of the molecule is Cc1c([N+](=O)[O-])cc([NH])cc1[N+](=O)[O-]. The zero-order valence-electron chi connectivity index (χ0n) is 7.18. The van der Waals surface area contributed by atoms with Gasteiger partial charge in [-0.25, -0.2) is 0 Å². The molecule has 0 bridgehead atoms. The van der Waals surface area contributed by atoms with Gasteiger partial charge in [0.1, 0.15) is 5.56 Å². The van der Waals surface area contributed by atoms with Crippen LogP contribution in [0.25, 0.3) is 0 Å². The van der Waals surface area contributed by atoms with Crippen molar-refractivity contribution in [2.45, 2.75) is 6.92 Å². The van der Waals surface area contributed by atoms with E-state index in [1.807, 2.05) is 0 Å². The normalized spacial score (nSPS) is 9.79. The van der Waals surface area contributed by atoms with Crippen LogP contribution < -0.4 is 5.73 Å². The molecule has 0 aliphatic heterocycles. The minimum atomic E-state index is -0.736. The molecule has 14 heavy (non-hydrogen) atoms. The van der Waals surface area contributed by atoms with Gasteiger partial charge in [0, 0.05) is 12.1 Å². The molecule has 1 aromatic carbocycles. The third-order valence-electron chi connectivity index (χ3n) is 1.75. The smallest absolute Gasteiger partial charge is 0.281 e. The number of benzene rings is 1. The van der Waals surface area contributed by atoms with Crippen molar-refractivity contribution in [3.8, 4) is 0 Å². The first-order valence-corrected chi connectivity index (χ1v) is 3.58. The van der Waals surface area contributed by atoms with Crippen molar-refractivity contribution in [2.75, 3.05) is 0 Å². The molecule has 0 unspecified atom stereocenters. The van der Waals surface area contributed by atoms with Gasteiger partial charge in [-0.2, -0.15) is 0 Å². The van der Waals surface area contributed by atoms with Crippen molar-refractivity contribution in [2.24, 2.45) is 0 Å². The van der Waals surface area contributed by atoms with Crippen molar-refractivity contribution in [1.29, 1.82) is 0 Å². The summed E-state index contributed by atoms with van der Waals surface area (Å²) in [6.45, 7) is 1.29. The highest BCUT2D eigenvalue weighted by Gasteiger charge is 2.22. The second-order valence-electron chi connectivity index (χ2n) is 2.65. The summed E-state index contributed by atoms with van der Waals surface area (Å²) in [5.74, 6) is 0. The van der Waals surface area contributed by atoms with E-state index >= 15 is 0 Å². The molecule has 1 radical (unpaired) electrons. The summed E-state index contributed by atoms with van der Waals surface area (Å²) in [4.78, 5) is 19.4. The first-order valence-electron chi connectivity index (χ1n) is 3.58. The molecule has 0 saturated heterocycles. The quantitative estimate of drug-likeness (QED) is 0.529. The van der Waals surface area contributed by atoms with E-state index in [0.29, 0.717) is 0 Å². The lowest BCUT2D eigenvalue weighted by Crippen LogP contribution is -1.97. The molecule has 1 rings (SSSR count). The average Bonchev–Trinajstić information content (AvgIpc) is 2.07. The molecule has 0 heterocycles. The van der Waals surface area contributed by atoms with Gasteiger partial charge in [-0.05, 0) is 6.92 Å². The van der Waals surface area contributed by atoms with E-state index < -0.39 is 21.2 Å². The standard InChI is InChI=1S/C7H6N3O4/c1-4-6(9(11)12)2-5(8)3-7(4)10(13)14/h2-3,8H,1H3. The molecule has 7 nitrogen and oxygen atoms in total. The predicted octanol–water partition coefficient (Wildman–Crippen LogP) is 1.73. The summed E-state index contributed by atoms with van der Waals surface area (Å²) in [6.07, 6.45) is 0. The van der Waals surface area contributed by atoms with Crippen LogP contribution in [0.4, 0.5) is 17.1 Å². The Morgan fingerprint density at radius 2 is 1.50 bits per heavy atom. The number of nitrogens with one attached hydrogen (secondary N) is 1. The molecule has 0 fully saturated rings. The molecule has 7 heteroatoms. The fraction of sp³-hybridized carbons (Fsp3) is 0.143. The maximum atomic E-state index is 10.4. The molecule has 0 aromatic heterocycles. The number of hydrogen-bond acceptors (Lipinski definition) is 4. The van der Waals surface area contributed by atoms with E-state index in [-0.39, 0.29) is 11.3 Å². The highest BCUT2D eigenvalue weighted by Crippen LogP contribution is 2.30. The van der Waals surface area contributed by atoms with Gasteiger partial charge in [-0.3, -0.25) is 20.2 Å². The highest BCUT2D eigenvalue weighted by atomic mass is 16.6. The van der Waals surface area contributed by atoms with Crippen molar-refractivity contribution in [3.05, 3.63) is 37.9 Å². The molecular weight excluding hydrogens is 190 g/mol. The Morgan fingerprint density at radius 1 is 1.14 bits per heavy atom. The molecular formula is C7H6N3O4. The van der Waals surface area contributed by atoms with E-state index in [1.165, 1.54) is 6.92 Å². The van der Waals surface area contributed by atoms with Crippen LogP contribution in [-0.4, -0.2) is 9.85 Å². The van der Waals surface area contributed by atoms with E-state index in [0.717, 1.165) is 12.1 Å². The summed E-state index contributed by atoms with van der Waals surface area (Å²) in [5.41, 5.74) is 6.08. The molecule has 73 valence electrons. The van der Waals surface area contributed by atoms with Gasteiger partial charge in [-0.15, -0.1) is 0 Å². The van der Waals surface area contributed by atoms with Crippen LogP contribution in [0.2, 0.25) is 0 Å². The van der Waals surface area contributed by atoms with Crippen LogP contribution in [0, 0.1) is 27.2 Å². The number of hydrogen-bond donors (Lipinski definition) is 0. The van der Waals surface area contributed by atoms with Crippen molar-refractivity contribution >= 4 is 17.1 Å². The zero-order valence-corrected chi connectivity index (χ0v) is 7.18. The van der Waals surface area contributed by atoms with Crippen LogP contribution in [0.1, 0.15) is 5.56 Å². The van der Waals surface area contributed by atoms with Gasteiger partial charge in [0.25, 0.3) is 11.4 Å². The monoisotopic (exact) mass is 196 g/mol. The van der Waals surface area contributed by atoms with Crippen LogP contribution >= 0.6 is 0 Å². The Kier molecular flexibility index (Phi) is 2.32. The predicted molar refractivity (Wildman–Crippen MR) is 47.2 cm³/mol. The first kappa shape index (κ1) is 9.90. The Labute approximate surface area is 78.4 Å². The second kappa shape index (κ2) is 3.29. The lowest BCUT2D eigenvalue weighted by atomic mass is 10.1. The zero-order chi connectivity index (χ0) is 10.9. The molecule has 0 saturated carbocycles. The van der Waals surface area contributed by atoms with E-state index in [2.05, 4.69) is 0 Å². The molecule has 0 aliphatic carbocycles. The van der Waals surface area contributed by atoms with Gasteiger partial charge in [0.05, 0.1) is 15.5 Å². The summed E-state index contributed by atoms with van der Waals surface area (Å²) in [6, 6.07) is 1.98. The Balaban J connectivity index is 3.47. The lowest BCUT2D eigenvalue weighted by molar-refractivity contribution is -0.395. The maximum absolute atomic E-state index is 10.4. The van der Waals surface area contributed by atoms with Crippen LogP contribution in [-0.2, 0) is 0 Å². The molecule has 0 aliphatic rings. The van der Waals surface area contributed by atoms with Crippen molar-refractivity contribution < 1.29 is 9.85 Å². The van der Waals surface area contributed by atoms with E-state index in [1.54, 1.807) is 0 Å². The third-order valence-corrected chi connectivity index (χ3v) is 1.75. The fourth-order valence-electron chi connectivity index (χ4n) is 1.06. The minimum absolute atomic E-state index is 0.0315. The van der Waals surface area contributed by atoms with Gasteiger partial charge in [0.15, 0.2) is 0 Å². The number of nitro groups is 2. The molecule has 1 aromatic rings. The van der Waals surface area contributed by atoms with Crippen molar-refractivity contribution in [3.63, 3.8) is 0 Å². The molecule has 0 spiro atoms. The van der Waals surface area contributed by atoms with Crippen LogP contribution in [0.5, 0.6) is 0 Å². The van der Waals surface area contributed by atoms with Crippen LogP contribution in [0.3, 0.4) is 0 Å². The third kappa shape index (κ3) is 1.60. The molecule has 0 atom stereocenters. The lowest BCUT2D eigenvalue weighted by Gasteiger charge is -1.99. The van der Waals surface area contributed by atoms with Gasteiger partial charge >= 0.3 is 0 Å². The summed E-state index contributed by atoms with van der Waals surface area (Å²) in [7, 11) is 0. The van der Waals surface area contributed by atoms with Gasteiger partial charge in [0.2, 0.25) is 0 Å². The number of nitrogens with zero attached hydrogens (tertiary/aromatic N) is 2. The van der Waals surface area contributed by atoms with E-state index in [9.17, 15) is 20.2 Å².